The van der Waals surface area contributed by atoms with Crippen LogP contribution >= 0.6 is 0 Å². The van der Waals surface area contributed by atoms with Crippen LogP contribution in [0.15, 0.2) is 34.9 Å². The Kier molecular flexibility index (Phi) is 4.85. The predicted octanol–water partition coefficient (Wildman–Crippen LogP) is 3.64. The van der Waals surface area contributed by atoms with Crippen molar-refractivity contribution < 1.29 is 4.42 Å². The first-order valence-electron chi connectivity index (χ1n) is 7.15. The Hall–Kier alpha value is -1.74. The molecule has 2 aromatic rings. The van der Waals surface area contributed by atoms with Gasteiger partial charge in [-0.2, -0.15) is 0 Å². The quantitative estimate of drug-likeness (QED) is 0.870. The molecule has 0 unspecified atom stereocenters. The molecule has 2 rings (SSSR count). The maximum atomic E-state index is 5.64. The molecule has 20 heavy (non-hydrogen) atoms. The van der Waals surface area contributed by atoms with Crippen LogP contribution in [0.3, 0.4) is 0 Å². The van der Waals surface area contributed by atoms with Gasteiger partial charge in [0, 0.05) is 24.8 Å². The zero-order valence-electron chi connectivity index (χ0n) is 12.9. The normalized spacial score (nSPS) is 10.8. The molecule has 1 aromatic heterocycles. The number of benzene rings is 1. The zero-order chi connectivity index (χ0) is 14.5. The lowest BCUT2D eigenvalue weighted by atomic mass is 10.1. The molecule has 0 aliphatic heterocycles. The molecule has 0 bridgehead atoms. The molecule has 0 aliphatic rings. The van der Waals surface area contributed by atoms with Crippen molar-refractivity contribution in [3.8, 4) is 0 Å². The average Bonchev–Trinajstić information content (AvgIpc) is 2.83. The van der Waals surface area contributed by atoms with Gasteiger partial charge in [-0.25, -0.2) is 0 Å². The van der Waals surface area contributed by atoms with Crippen molar-refractivity contribution >= 4 is 5.69 Å². The lowest BCUT2D eigenvalue weighted by Crippen LogP contribution is -2.17. The van der Waals surface area contributed by atoms with Gasteiger partial charge in [0.25, 0.3) is 0 Å². The molecule has 0 fully saturated rings. The highest BCUT2D eigenvalue weighted by Crippen LogP contribution is 2.22. The molecule has 0 amide bonds. The number of nitrogens with zero attached hydrogens (tertiary/aromatic N) is 1. The molecule has 0 radical (unpaired) electrons. The van der Waals surface area contributed by atoms with Gasteiger partial charge in [-0.05, 0) is 38.1 Å². The Bertz CT molecular complexity index is 560. The first-order valence-corrected chi connectivity index (χ1v) is 7.15. The van der Waals surface area contributed by atoms with E-state index >= 15 is 0 Å². The van der Waals surface area contributed by atoms with Gasteiger partial charge < -0.3 is 14.6 Å². The molecule has 0 aliphatic carbocycles. The van der Waals surface area contributed by atoms with Gasteiger partial charge >= 0.3 is 0 Å². The van der Waals surface area contributed by atoms with Crippen LogP contribution in [0.4, 0.5) is 5.69 Å². The van der Waals surface area contributed by atoms with E-state index in [1.54, 1.807) is 0 Å². The third-order valence-electron chi connectivity index (χ3n) is 3.44. The molecule has 1 aromatic carbocycles. The van der Waals surface area contributed by atoms with Crippen molar-refractivity contribution in [2.75, 3.05) is 18.5 Å². The SMILES string of the molecule is CCNCc1coc(CN(C)c2ccc(C)cc2C)c1. The smallest absolute Gasteiger partial charge is 0.123 e. The fourth-order valence-corrected chi connectivity index (χ4v) is 2.42. The molecule has 0 saturated heterocycles. The third kappa shape index (κ3) is 3.64. The summed E-state index contributed by atoms with van der Waals surface area (Å²) in [6.07, 6.45) is 1.84. The molecule has 0 atom stereocenters. The van der Waals surface area contributed by atoms with Crippen LogP contribution in [0.5, 0.6) is 0 Å². The molecule has 1 N–H and O–H groups in total. The van der Waals surface area contributed by atoms with Crippen LogP contribution in [-0.2, 0) is 13.1 Å². The van der Waals surface area contributed by atoms with Gasteiger partial charge in [-0.3, -0.25) is 0 Å². The van der Waals surface area contributed by atoms with Gasteiger partial charge in [0.1, 0.15) is 5.76 Å². The van der Waals surface area contributed by atoms with E-state index in [2.05, 4.69) is 62.3 Å². The molecule has 3 heteroatoms. The summed E-state index contributed by atoms with van der Waals surface area (Å²) in [5.74, 6) is 1.00. The van der Waals surface area contributed by atoms with Gasteiger partial charge in [0.2, 0.25) is 0 Å². The molecule has 0 saturated carbocycles. The van der Waals surface area contributed by atoms with E-state index in [4.69, 9.17) is 4.42 Å². The van der Waals surface area contributed by atoms with E-state index in [1.807, 2.05) is 6.26 Å². The van der Waals surface area contributed by atoms with Crippen LogP contribution in [0, 0.1) is 13.8 Å². The van der Waals surface area contributed by atoms with E-state index in [9.17, 15) is 0 Å². The second-order valence-electron chi connectivity index (χ2n) is 5.35. The van der Waals surface area contributed by atoms with Crippen molar-refractivity contribution in [3.05, 3.63) is 53.0 Å². The summed E-state index contributed by atoms with van der Waals surface area (Å²) in [7, 11) is 2.10. The molecule has 0 spiro atoms. The number of hydrogen-bond donors (Lipinski definition) is 1. The Morgan fingerprint density at radius 1 is 1.20 bits per heavy atom. The van der Waals surface area contributed by atoms with Gasteiger partial charge in [0.15, 0.2) is 0 Å². The van der Waals surface area contributed by atoms with Crippen molar-refractivity contribution in [2.45, 2.75) is 33.9 Å². The van der Waals surface area contributed by atoms with Crippen molar-refractivity contribution in [1.82, 2.24) is 5.32 Å². The third-order valence-corrected chi connectivity index (χ3v) is 3.44. The maximum absolute atomic E-state index is 5.64. The van der Waals surface area contributed by atoms with E-state index < -0.39 is 0 Å². The summed E-state index contributed by atoms with van der Waals surface area (Å²) >= 11 is 0. The number of anilines is 1. The monoisotopic (exact) mass is 272 g/mol. The van der Waals surface area contributed by atoms with E-state index in [0.717, 1.165) is 25.4 Å². The summed E-state index contributed by atoms with van der Waals surface area (Å²) in [6.45, 7) is 9.01. The van der Waals surface area contributed by atoms with Crippen LogP contribution in [0.1, 0.15) is 29.4 Å². The Morgan fingerprint density at radius 2 is 2.00 bits per heavy atom. The standard InChI is InChI=1S/C17H24N2O/c1-5-18-10-15-9-16(20-12-15)11-19(4)17-7-6-13(2)8-14(17)3/h6-9,12,18H,5,10-11H2,1-4H3. The Balaban J connectivity index is 2.03. The highest BCUT2D eigenvalue weighted by molar-refractivity contribution is 5.53. The lowest BCUT2D eigenvalue weighted by molar-refractivity contribution is 0.504. The molecular weight excluding hydrogens is 248 g/mol. The van der Waals surface area contributed by atoms with E-state index in [-0.39, 0.29) is 0 Å². The van der Waals surface area contributed by atoms with Crippen LogP contribution < -0.4 is 10.2 Å². The van der Waals surface area contributed by atoms with Crippen molar-refractivity contribution in [1.29, 1.82) is 0 Å². The molecular formula is C17H24N2O. The number of nitrogens with one attached hydrogen (secondary N) is 1. The summed E-state index contributed by atoms with van der Waals surface area (Å²) in [5, 5.41) is 3.30. The summed E-state index contributed by atoms with van der Waals surface area (Å²) < 4.78 is 5.64. The summed E-state index contributed by atoms with van der Waals surface area (Å²) in [6, 6.07) is 8.66. The maximum Gasteiger partial charge on any atom is 0.123 e. The molecule has 108 valence electrons. The van der Waals surface area contributed by atoms with Crippen LogP contribution in [-0.4, -0.2) is 13.6 Å². The van der Waals surface area contributed by atoms with Gasteiger partial charge in [-0.15, -0.1) is 0 Å². The van der Waals surface area contributed by atoms with Crippen LogP contribution in [0.2, 0.25) is 0 Å². The average molecular weight is 272 g/mol. The number of furan rings is 1. The Labute approximate surface area is 121 Å². The minimum absolute atomic E-state index is 0.788. The summed E-state index contributed by atoms with van der Waals surface area (Å²) in [5.41, 5.74) is 5.05. The minimum atomic E-state index is 0.788. The number of aryl methyl sites for hydroxylation is 2. The first-order chi connectivity index (χ1) is 9.60. The second-order valence-corrected chi connectivity index (χ2v) is 5.35. The largest absolute Gasteiger partial charge is 0.467 e. The van der Waals surface area contributed by atoms with Gasteiger partial charge in [0.05, 0.1) is 12.8 Å². The predicted molar refractivity (Wildman–Crippen MR) is 84.1 cm³/mol. The second kappa shape index (κ2) is 6.62. The highest BCUT2D eigenvalue weighted by atomic mass is 16.3. The number of rotatable bonds is 6. The molecule has 1 heterocycles. The highest BCUT2D eigenvalue weighted by Gasteiger charge is 2.08. The van der Waals surface area contributed by atoms with Crippen molar-refractivity contribution in [2.24, 2.45) is 0 Å². The van der Waals surface area contributed by atoms with E-state index in [1.165, 1.54) is 22.4 Å². The fraction of sp³-hybridized carbons (Fsp3) is 0.412. The fourth-order valence-electron chi connectivity index (χ4n) is 2.42. The summed E-state index contributed by atoms with van der Waals surface area (Å²) in [4.78, 5) is 2.23. The van der Waals surface area contributed by atoms with Gasteiger partial charge in [-0.1, -0.05) is 24.6 Å². The first kappa shape index (κ1) is 14.7. The lowest BCUT2D eigenvalue weighted by Gasteiger charge is -2.20. The van der Waals surface area contributed by atoms with Crippen molar-refractivity contribution in [3.63, 3.8) is 0 Å². The molecule has 3 nitrogen and oxygen atoms in total. The Morgan fingerprint density at radius 3 is 2.70 bits per heavy atom. The van der Waals surface area contributed by atoms with Crippen LogP contribution in [0.25, 0.3) is 0 Å². The van der Waals surface area contributed by atoms with E-state index in [0.29, 0.717) is 0 Å². The topological polar surface area (TPSA) is 28.4 Å². The zero-order valence-corrected chi connectivity index (χ0v) is 12.9. The minimum Gasteiger partial charge on any atom is -0.467 e. The number of hydrogen-bond acceptors (Lipinski definition) is 3.